The maximum Gasteiger partial charge on any atom is 0.0946 e. The SMILES string of the molecule is OC(CNc1ccc(Cl)cc1)Cn1ccnc1. The molecule has 2 aromatic rings. The first-order valence-electron chi connectivity index (χ1n) is 5.37. The smallest absolute Gasteiger partial charge is 0.0946 e. The van der Waals surface area contributed by atoms with Gasteiger partial charge in [0.15, 0.2) is 0 Å². The molecule has 4 nitrogen and oxygen atoms in total. The highest BCUT2D eigenvalue weighted by atomic mass is 35.5. The zero-order chi connectivity index (χ0) is 12.1. The standard InChI is InChI=1S/C12H14ClN3O/c13-10-1-3-11(4-2-10)15-7-12(17)8-16-6-5-14-9-16/h1-6,9,12,15,17H,7-8H2. The van der Waals surface area contributed by atoms with Crippen LogP contribution < -0.4 is 5.32 Å². The number of rotatable bonds is 5. The Balaban J connectivity index is 1.79. The highest BCUT2D eigenvalue weighted by Crippen LogP contribution is 2.13. The van der Waals surface area contributed by atoms with Gasteiger partial charge in [-0.3, -0.25) is 0 Å². The molecule has 0 saturated heterocycles. The Morgan fingerprint density at radius 2 is 2.12 bits per heavy atom. The summed E-state index contributed by atoms with van der Waals surface area (Å²) < 4.78 is 1.84. The third-order valence-electron chi connectivity index (χ3n) is 2.37. The lowest BCUT2D eigenvalue weighted by Crippen LogP contribution is -2.24. The molecule has 0 spiro atoms. The van der Waals surface area contributed by atoms with Crippen LogP contribution in [0.5, 0.6) is 0 Å². The van der Waals surface area contributed by atoms with E-state index in [9.17, 15) is 5.11 Å². The minimum atomic E-state index is -0.458. The predicted molar refractivity (Wildman–Crippen MR) is 68.2 cm³/mol. The fourth-order valence-electron chi connectivity index (χ4n) is 1.51. The Hall–Kier alpha value is -1.52. The largest absolute Gasteiger partial charge is 0.389 e. The number of aromatic nitrogens is 2. The Morgan fingerprint density at radius 3 is 2.76 bits per heavy atom. The van der Waals surface area contributed by atoms with Crippen LogP contribution in [0, 0.1) is 0 Å². The van der Waals surface area contributed by atoms with Crippen LogP contribution in [-0.2, 0) is 6.54 Å². The molecule has 2 N–H and O–H groups in total. The number of imidazole rings is 1. The van der Waals surface area contributed by atoms with Gasteiger partial charge in [-0.1, -0.05) is 11.6 Å². The van der Waals surface area contributed by atoms with E-state index in [1.165, 1.54) is 0 Å². The van der Waals surface area contributed by atoms with Crippen LogP contribution in [-0.4, -0.2) is 27.3 Å². The number of nitrogens with zero attached hydrogens (tertiary/aromatic N) is 2. The van der Waals surface area contributed by atoms with E-state index in [4.69, 9.17) is 11.6 Å². The first kappa shape index (κ1) is 12.0. The predicted octanol–water partition coefficient (Wildman–Crippen LogP) is 2.01. The summed E-state index contributed by atoms with van der Waals surface area (Å²) in [6.45, 7) is 1.01. The van der Waals surface area contributed by atoms with E-state index in [0.717, 1.165) is 5.69 Å². The fraction of sp³-hybridized carbons (Fsp3) is 0.250. The number of nitrogens with one attached hydrogen (secondary N) is 1. The third-order valence-corrected chi connectivity index (χ3v) is 2.62. The second kappa shape index (κ2) is 5.70. The summed E-state index contributed by atoms with van der Waals surface area (Å²) >= 11 is 5.78. The van der Waals surface area contributed by atoms with Gasteiger partial charge in [-0.2, -0.15) is 0 Å². The Bertz CT molecular complexity index is 441. The van der Waals surface area contributed by atoms with Crippen LogP contribution in [0.1, 0.15) is 0 Å². The average Bonchev–Trinajstić information content (AvgIpc) is 2.81. The van der Waals surface area contributed by atoms with Crippen molar-refractivity contribution in [3.63, 3.8) is 0 Å². The van der Waals surface area contributed by atoms with E-state index in [1.807, 2.05) is 35.0 Å². The van der Waals surface area contributed by atoms with Crippen molar-refractivity contribution in [1.29, 1.82) is 0 Å². The van der Waals surface area contributed by atoms with Gasteiger partial charge in [-0.05, 0) is 24.3 Å². The molecule has 2 rings (SSSR count). The number of benzene rings is 1. The lowest BCUT2D eigenvalue weighted by Gasteiger charge is -2.13. The molecule has 1 aromatic carbocycles. The van der Waals surface area contributed by atoms with Crippen LogP contribution in [0.25, 0.3) is 0 Å². The number of hydrogen-bond donors (Lipinski definition) is 2. The first-order chi connectivity index (χ1) is 8.24. The highest BCUT2D eigenvalue weighted by Gasteiger charge is 2.04. The molecule has 1 aromatic heterocycles. The Labute approximate surface area is 105 Å². The molecule has 1 heterocycles. The lowest BCUT2D eigenvalue weighted by atomic mass is 10.3. The van der Waals surface area contributed by atoms with E-state index in [-0.39, 0.29) is 0 Å². The van der Waals surface area contributed by atoms with Crippen LogP contribution in [0.3, 0.4) is 0 Å². The van der Waals surface area contributed by atoms with Gasteiger partial charge in [-0.15, -0.1) is 0 Å². The Kier molecular flexibility index (Phi) is 4.01. The van der Waals surface area contributed by atoms with Gasteiger partial charge in [-0.25, -0.2) is 4.98 Å². The molecular formula is C12H14ClN3O. The molecule has 0 fully saturated rings. The van der Waals surface area contributed by atoms with E-state index in [1.54, 1.807) is 12.5 Å². The summed E-state index contributed by atoms with van der Waals surface area (Å²) in [5.41, 5.74) is 0.944. The zero-order valence-electron chi connectivity index (χ0n) is 9.25. The van der Waals surface area contributed by atoms with Crippen molar-refractivity contribution in [2.75, 3.05) is 11.9 Å². The highest BCUT2D eigenvalue weighted by molar-refractivity contribution is 6.30. The molecule has 0 aliphatic heterocycles. The molecule has 90 valence electrons. The molecule has 5 heteroatoms. The minimum Gasteiger partial charge on any atom is -0.389 e. The van der Waals surface area contributed by atoms with Gasteiger partial charge in [0, 0.05) is 29.6 Å². The number of hydrogen-bond acceptors (Lipinski definition) is 3. The Morgan fingerprint density at radius 1 is 1.35 bits per heavy atom. The molecule has 0 aliphatic carbocycles. The molecule has 1 unspecified atom stereocenters. The average molecular weight is 252 g/mol. The van der Waals surface area contributed by atoms with Crippen molar-refractivity contribution >= 4 is 17.3 Å². The van der Waals surface area contributed by atoms with Crippen LogP contribution in [0.4, 0.5) is 5.69 Å². The van der Waals surface area contributed by atoms with Crippen molar-refractivity contribution in [3.8, 4) is 0 Å². The second-order valence-corrected chi connectivity index (χ2v) is 4.24. The summed E-state index contributed by atoms with van der Waals surface area (Å²) in [7, 11) is 0. The summed E-state index contributed by atoms with van der Waals surface area (Å²) in [5.74, 6) is 0. The molecule has 0 saturated carbocycles. The molecule has 17 heavy (non-hydrogen) atoms. The maximum absolute atomic E-state index is 9.80. The monoisotopic (exact) mass is 251 g/mol. The molecule has 0 aliphatic rings. The number of halogens is 1. The van der Waals surface area contributed by atoms with Crippen LogP contribution in [0.15, 0.2) is 43.0 Å². The van der Waals surface area contributed by atoms with Crippen molar-refractivity contribution in [2.24, 2.45) is 0 Å². The normalized spacial score (nSPS) is 12.4. The second-order valence-electron chi connectivity index (χ2n) is 3.80. The molecule has 0 amide bonds. The number of anilines is 1. The van der Waals surface area contributed by atoms with Crippen LogP contribution in [0.2, 0.25) is 5.02 Å². The number of aliphatic hydroxyl groups excluding tert-OH is 1. The van der Waals surface area contributed by atoms with E-state index in [2.05, 4.69) is 10.3 Å². The number of aliphatic hydroxyl groups is 1. The van der Waals surface area contributed by atoms with Gasteiger partial charge in [0.1, 0.15) is 0 Å². The van der Waals surface area contributed by atoms with Crippen molar-refractivity contribution in [1.82, 2.24) is 9.55 Å². The summed E-state index contributed by atoms with van der Waals surface area (Å²) in [6.07, 6.45) is 4.75. The zero-order valence-corrected chi connectivity index (χ0v) is 10.0. The van der Waals surface area contributed by atoms with Crippen LogP contribution >= 0.6 is 11.6 Å². The van der Waals surface area contributed by atoms with E-state index >= 15 is 0 Å². The molecule has 0 bridgehead atoms. The van der Waals surface area contributed by atoms with E-state index in [0.29, 0.717) is 18.1 Å². The van der Waals surface area contributed by atoms with Gasteiger partial charge < -0.3 is 15.0 Å². The van der Waals surface area contributed by atoms with E-state index < -0.39 is 6.10 Å². The minimum absolute atomic E-state index is 0.458. The van der Waals surface area contributed by atoms with Gasteiger partial charge in [0.2, 0.25) is 0 Å². The van der Waals surface area contributed by atoms with Crippen molar-refractivity contribution < 1.29 is 5.11 Å². The summed E-state index contributed by atoms with van der Waals surface area (Å²) in [4.78, 5) is 3.92. The van der Waals surface area contributed by atoms with Crippen molar-refractivity contribution in [3.05, 3.63) is 48.0 Å². The quantitative estimate of drug-likeness (QED) is 0.855. The van der Waals surface area contributed by atoms with Gasteiger partial charge >= 0.3 is 0 Å². The lowest BCUT2D eigenvalue weighted by molar-refractivity contribution is 0.166. The maximum atomic E-state index is 9.80. The third kappa shape index (κ3) is 3.76. The fourth-order valence-corrected chi connectivity index (χ4v) is 1.63. The molecule has 1 atom stereocenters. The first-order valence-corrected chi connectivity index (χ1v) is 5.75. The summed E-state index contributed by atoms with van der Waals surface area (Å²) in [5, 5.41) is 13.6. The van der Waals surface area contributed by atoms with Gasteiger partial charge in [0.05, 0.1) is 19.0 Å². The van der Waals surface area contributed by atoms with Gasteiger partial charge in [0.25, 0.3) is 0 Å². The molecule has 0 radical (unpaired) electrons. The van der Waals surface area contributed by atoms with Crippen molar-refractivity contribution in [2.45, 2.75) is 12.6 Å². The molecular weight excluding hydrogens is 238 g/mol. The topological polar surface area (TPSA) is 50.1 Å². The summed E-state index contributed by atoms with van der Waals surface area (Å²) in [6, 6.07) is 7.39.